The van der Waals surface area contributed by atoms with Crippen molar-refractivity contribution in [1.29, 1.82) is 0 Å². The zero-order chi connectivity index (χ0) is 24.0. The van der Waals surface area contributed by atoms with Crippen LogP contribution in [0.1, 0.15) is 5.56 Å². The first-order valence-electron chi connectivity index (χ1n) is 9.38. The molecule has 12 heteroatoms. The SMILES string of the molecule is COc1cc(Cn2cc(O)n(-c3ccc(S(=O)(=O)C(F)(F)F)cc3)c2=O)c2ccccc2n1. The zero-order valence-corrected chi connectivity index (χ0v) is 17.8. The summed E-state index contributed by atoms with van der Waals surface area (Å²) in [6.07, 6.45) is 1.17. The van der Waals surface area contributed by atoms with E-state index in [2.05, 4.69) is 4.98 Å². The van der Waals surface area contributed by atoms with Gasteiger partial charge in [-0.25, -0.2) is 22.8 Å². The number of benzene rings is 2. The molecule has 0 spiro atoms. The Bertz CT molecular complexity index is 1510. The Morgan fingerprint density at radius 2 is 1.76 bits per heavy atom. The van der Waals surface area contributed by atoms with E-state index in [-0.39, 0.29) is 12.2 Å². The lowest BCUT2D eigenvalue weighted by atomic mass is 10.1. The topological polar surface area (TPSA) is 103 Å². The lowest BCUT2D eigenvalue weighted by Crippen LogP contribution is -2.24. The van der Waals surface area contributed by atoms with Gasteiger partial charge in [0.15, 0.2) is 0 Å². The van der Waals surface area contributed by atoms with Crippen LogP contribution in [0.4, 0.5) is 13.2 Å². The van der Waals surface area contributed by atoms with Gasteiger partial charge in [-0.3, -0.25) is 4.57 Å². The Balaban J connectivity index is 1.74. The van der Waals surface area contributed by atoms with E-state index < -0.39 is 31.8 Å². The van der Waals surface area contributed by atoms with E-state index in [0.29, 0.717) is 17.0 Å². The zero-order valence-electron chi connectivity index (χ0n) is 16.9. The number of hydrogen-bond acceptors (Lipinski definition) is 6. The minimum Gasteiger partial charge on any atom is -0.493 e. The second-order valence-corrected chi connectivity index (χ2v) is 8.96. The van der Waals surface area contributed by atoms with Crippen LogP contribution in [-0.2, 0) is 16.4 Å². The van der Waals surface area contributed by atoms with E-state index >= 15 is 0 Å². The summed E-state index contributed by atoms with van der Waals surface area (Å²) in [5.74, 6) is -0.140. The number of methoxy groups -OCH3 is 1. The Labute approximate surface area is 185 Å². The number of imidazole rings is 1. The highest BCUT2D eigenvalue weighted by atomic mass is 32.2. The smallest absolute Gasteiger partial charge is 0.493 e. The normalized spacial score (nSPS) is 12.2. The molecule has 0 radical (unpaired) electrons. The number of alkyl halides is 3. The third kappa shape index (κ3) is 3.93. The lowest BCUT2D eigenvalue weighted by molar-refractivity contribution is -0.0436. The summed E-state index contributed by atoms with van der Waals surface area (Å²) in [6, 6.07) is 12.3. The largest absolute Gasteiger partial charge is 0.501 e. The molecule has 0 aliphatic heterocycles. The van der Waals surface area contributed by atoms with Crippen molar-refractivity contribution in [3.63, 3.8) is 0 Å². The van der Waals surface area contributed by atoms with Crippen molar-refractivity contribution in [1.82, 2.24) is 14.1 Å². The highest BCUT2D eigenvalue weighted by Gasteiger charge is 2.46. The average molecular weight is 479 g/mol. The van der Waals surface area contributed by atoms with Gasteiger partial charge in [0.05, 0.1) is 36.0 Å². The summed E-state index contributed by atoms with van der Waals surface area (Å²) in [5, 5.41) is 11.1. The summed E-state index contributed by atoms with van der Waals surface area (Å²) in [4.78, 5) is 16.3. The summed E-state index contributed by atoms with van der Waals surface area (Å²) >= 11 is 0. The fourth-order valence-electron chi connectivity index (χ4n) is 3.38. The lowest BCUT2D eigenvalue weighted by Gasteiger charge is -2.10. The minimum absolute atomic E-state index is 0.00505. The van der Waals surface area contributed by atoms with Gasteiger partial charge < -0.3 is 9.84 Å². The van der Waals surface area contributed by atoms with Crippen molar-refractivity contribution in [2.75, 3.05) is 7.11 Å². The number of rotatable bonds is 5. The molecule has 4 rings (SSSR count). The molecule has 0 saturated heterocycles. The fourth-order valence-corrected chi connectivity index (χ4v) is 4.14. The molecule has 0 unspecified atom stereocenters. The standard InChI is InChI=1S/C21H16F3N3O5S/c1-32-18-10-13(16-4-2-3-5-17(16)25-18)11-26-12-19(28)27(20(26)29)14-6-8-15(9-7-14)33(30,31)21(22,23)24/h2-10,12,28H,11H2,1H3. The first kappa shape index (κ1) is 22.4. The number of nitrogens with zero attached hydrogens (tertiary/aromatic N) is 3. The predicted octanol–water partition coefficient (Wildman–Crippen LogP) is 3.24. The van der Waals surface area contributed by atoms with Crippen molar-refractivity contribution in [2.24, 2.45) is 0 Å². The molecule has 4 aromatic rings. The molecule has 1 N–H and O–H groups in total. The monoisotopic (exact) mass is 479 g/mol. The molecule has 0 amide bonds. The van der Waals surface area contributed by atoms with E-state index in [1.165, 1.54) is 17.9 Å². The van der Waals surface area contributed by atoms with Gasteiger partial charge in [-0.15, -0.1) is 0 Å². The molecule has 0 fully saturated rings. The Morgan fingerprint density at radius 3 is 2.39 bits per heavy atom. The number of aromatic nitrogens is 3. The van der Waals surface area contributed by atoms with Crippen LogP contribution in [0.5, 0.6) is 11.8 Å². The molecule has 2 aromatic heterocycles. The van der Waals surface area contributed by atoms with Gasteiger partial charge in [0.1, 0.15) is 0 Å². The quantitative estimate of drug-likeness (QED) is 0.472. The van der Waals surface area contributed by atoms with Crippen molar-refractivity contribution >= 4 is 20.7 Å². The molecule has 8 nitrogen and oxygen atoms in total. The summed E-state index contributed by atoms with van der Waals surface area (Å²) < 4.78 is 68.6. The highest BCUT2D eigenvalue weighted by molar-refractivity contribution is 7.92. The molecule has 2 aromatic carbocycles. The van der Waals surface area contributed by atoms with Crippen molar-refractivity contribution < 1.29 is 31.4 Å². The maximum atomic E-state index is 12.9. The van der Waals surface area contributed by atoms with Gasteiger partial charge in [0.2, 0.25) is 11.8 Å². The summed E-state index contributed by atoms with van der Waals surface area (Å²) in [6.45, 7) is 0.0410. The third-order valence-corrected chi connectivity index (χ3v) is 6.48. The van der Waals surface area contributed by atoms with Gasteiger partial charge in [-0.1, -0.05) is 18.2 Å². The Kier molecular flexibility index (Phi) is 5.40. The second kappa shape index (κ2) is 7.96. The van der Waals surface area contributed by atoms with Gasteiger partial charge in [-0.05, 0) is 35.9 Å². The van der Waals surface area contributed by atoms with Crippen LogP contribution in [0.25, 0.3) is 16.6 Å². The number of hydrogen-bond donors (Lipinski definition) is 1. The number of fused-ring (bicyclic) bond motifs is 1. The first-order chi connectivity index (χ1) is 15.5. The van der Waals surface area contributed by atoms with Crippen LogP contribution >= 0.6 is 0 Å². The number of para-hydroxylation sites is 1. The molecular weight excluding hydrogens is 463 g/mol. The van der Waals surface area contributed by atoms with Gasteiger partial charge in [0.25, 0.3) is 9.84 Å². The van der Waals surface area contributed by atoms with Crippen LogP contribution in [0.3, 0.4) is 0 Å². The minimum atomic E-state index is -5.53. The van der Waals surface area contributed by atoms with E-state index in [1.807, 2.05) is 12.1 Å². The number of sulfone groups is 1. The molecular formula is C21H16F3N3O5S. The first-order valence-corrected chi connectivity index (χ1v) is 10.9. The van der Waals surface area contributed by atoms with Crippen molar-refractivity contribution in [3.05, 3.63) is 76.8 Å². The molecule has 2 heterocycles. The second-order valence-electron chi connectivity index (χ2n) is 7.02. The van der Waals surface area contributed by atoms with Gasteiger partial charge in [-0.2, -0.15) is 13.2 Å². The Morgan fingerprint density at radius 1 is 1.09 bits per heavy atom. The van der Waals surface area contributed by atoms with Crippen LogP contribution in [-0.4, -0.2) is 40.3 Å². The number of aromatic hydroxyl groups is 1. The fraction of sp³-hybridized carbons (Fsp3) is 0.143. The van der Waals surface area contributed by atoms with E-state index in [0.717, 1.165) is 34.2 Å². The van der Waals surface area contributed by atoms with Crippen molar-refractivity contribution in [2.45, 2.75) is 16.9 Å². The summed E-state index contributed by atoms with van der Waals surface area (Å²) in [7, 11) is -4.08. The van der Waals surface area contributed by atoms with Crippen LogP contribution in [0.15, 0.2) is 70.5 Å². The molecule has 172 valence electrons. The van der Waals surface area contributed by atoms with Crippen LogP contribution < -0.4 is 10.4 Å². The van der Waals surface area contributed by atoms with Crippen LogP contribution in [0, 0.1) is 0 Å². The number of pyridine rings is 1. The van der Waals surface area contributed by atoms with Crippen LogP contribution in [0.2, 0.25) is 0 Å². The summed E-state index contributed by atoms with van der Waals surface area (Å²) in [5.41, 5.74) is -4.81. The average Bonchev–Trinajstić information content (AvgIpc) is 3.05. The maximum absolute atomic E-state index is 12.9. The van der Waals surface area contributed by atoms with Gasteiger partial charge in [0, 0.05) is 11.5 Å². The predicted molar refractivity (Wildman–Crippen MR) is 112 cm³/mol. The number of ether oxygens (including phenoxy) is 1. The third-order valence-electron chi connectivity index (χ3n) is 4.98. The van der Waals surface area contributed by atoms with E-state index in [1.54, 1.807) is 18.2 Å². The molecule has 0 bridgehead atoms. The van der Waals surface area contributed by atoms with Gasteiger partial charge >= 0.3 is 11.2 Å². The molecule has 0 aliphatic carbocycles. The van der Waals surface area contributed by atoms with E-state index in [4.69, 9.17) is 4.74 Å². The van der Waals surface area contributed by atoms with E-state index in [9.17, 15) is 31.5 Å². The number of halogens is 3. The highest BCUT2D eigenvalue weighted by Crippen LogP contribution is 2.31. The molecule has 33 heavy (non-hydrogen) atoms. The van der Waals surface area contributed by atoms with Crippen molar-refractivity contribution in [3.8, 4) is 17.4 Å². The molecule has 0 saturated carbocycles. The maximum Gasteiger partial charge on any atom is 0.501 e. The molecule has 0 atom stereocenters. The molecule has 0 aliphatic rings. The Hall–Kier alpha value is -3.80.